The highest BCUT2D eigenvalue weighted by Crippen LogP contribution is 2.39. The summed E-state index contributed by atoms with van der Waals surface area (Å²) in [5.74, 6) is 1.14. The van der Waals surface area contributed by atoms with E-state index in [1.54, 1.807) is 12.1 Å². The van der Waals surface area contributed by atoms with Gasteiger partial charge in [-0.1, -0.05) is 23.7 Å². The Kier molecular flexibility index (Phi) is 5.28. The fourth-order valence-electron chi connectivity index (χ4n) is 4.05. The van der Waals surface area contributed by atoms with Crippen LogP contribution in [0.25, 0.3) is 10.9 Å². The first-order chi connectivity index (χ1) is 14.1. The lowest BCUT2D eigenvalue weighted by molar-refractivity contribution is 0.0931. The number of para-hydroxylation sites is 1. The third-order valence-corrected chi connectivity index (χ3v) is 5.74. The molecule has 0 bridgehead atoms. The van der Waals surface area contributed by atoms with Crippen LogP contribution in [-0.4, -0.2) is 32.2 Å². The zero-order valence-electron chi connectivity index (χ0n) is 16.6. The van der Waals surface area contributed by atoms with E-state index in [1.165, 1.54) is 26.9 Å². The van der Waals surface area contributed by atoms with Gasteiger partial charge in [-0.15, -0.1) is 0 Å². The predicted molar refractivity (Wildman–Crippen MR) is 113 cm³/mol. The third-order valence-electron chi connectivity index (χ3n) is 5.42. The van der Waals surface area contributed by atoms with Gasteiger partial charge in [-0.2, -0.15) is 0 Å². The number of aromatic nitrogens is 1. The molecule has 0 fully saturated rings. The number of methoxy groups -OCH3 is 3. The van der Waals surface area contributed by atoms with Gasteiger partial charge in [0.25, 0.3) is 5.91 Å². The van der Waals surface area contributed by atoms with E-state index in [2.05, 4.69) is 16.4 Å². The van der Waals surface area contributed by atoms with Crippen molar-refractivity contribution in [3.05, 3.63) is 52.2 Å². The van der Waals surface area contributed by atoms with Crippen LogP contribution in [0.3, 0.4) is 0 Å². The first-order valence-electron chi connectivity index (χ1n) is 9.47. The lowest BCUT2D eigenvalue weighted by Crippen LogP contribution is -2.31. The zero-order valence-corrected chi connectivity index (χ0v) is 17.4. The molecule has 0 unspecified atom stereocenters. The highest BCUT2D eigenvalue weighted by molar-refractivity contribution is 6.35. The number of fused-ring (bicyclic) bond motifs is 3. The molecule has 152 valence electrons. The number of aromatic amines is 1. The van der Waals surface area contributed by atoms with Crippen molar-refractivity contribution in [3.8, 4) is 17.2 Å². The quantitative estimate of drug-likeness (QED) is 0.637. The zero-order chi connectivity index (χ0) is 20.5. The van der Waals surface area contributed by atoms with Crippen LogP contribution in [-0.2, 0) is 6.42 Å². The second kappa shape index (κ2) is 7.87. The van der Waals surface area contributed by atoms with Crippen molar-refractivity contribution in [2.24, 2.45) is 0 Å². The molecule has 2 N–H and O–H groups in total. The van der Waals surface area contributed by atoms with Gasteiger partial charge in [0.15, 0.2) is 11.5 Å². The number of nitrogens with one attached hydrogen (secondary N) is 2. The maximum absolute atomic E-state index is 13.0. The Morgan fingerprint density at radius 2 is 1.86 bits per heavy atom. The number of amides is 1. The predicted octanol–water partition coefficient (Wildman–Crippen LogP) is 4.65. The van der Waals surface area contributed by atoms with Crippen molar-refractivity contribution in [2.75, 3.05) is 21.3 Å². The summed E-state index contributed by atoms with van der Waals surface area (Å²) >= 11 is 6.36. The number of carbonyl (C=O) groups excluding carboxylic acids is 1. The average Bonchev–Trinajstić information content (AvgIpc) is 3.13. The lowest BCUT2D eigenvalue weighted by Gasteiger charge is -2.24. The second-order valence-electron chi connectivity index (χ2n) is 7.01. The molecular weight excluding hydrogens is 392 g/mol. The standard InChI is InChI=1S/C22H23ClN2O4/c1-27-17-10-12(11-18(28-2)21(17)29-3)22(26)24-16-9-5-7-14-13-6-4-8-15(23)19(13)25-20(14)16/h4,6,8,10-11,16,25H,5,7,9H2,1-3H3,(H,24,26)/t16-/m1/s1. The highest BCUT2D eigenvalue weighted by atomic mass is 35.5. The lowest BCUT2D eigenvalue weighted by atomic mass is 9.91. The Morgan fingerprint density at radius 3 is 2.52 bits per heavy atom. The van der Waals surface area contributed by atoms with Crippen molar-refractivity contribution in [1.29, 1.82) is 0 Å². The van der Waals surface area contributed by atoms with Crippen LogP contribution in [0, 0.1) is 0 Å². The minimum absolute atomic E-state index is 0.117. The SMILES string of the molecule is COc1cc(C(=O)N[C@@H]2CCCc3c2[nH]c2c(Cl)cccc32)cc(OC)c1OC. The number of H-pyrrole nitrogens is 1. The van der Waals surface area contributed by atoms with Gasteiger partial charge in [0.05, 0.1) is 37.9 Å². The Balaban J connectivity index is 1.67. The van der Waals surface area contributed by atoms with Gasteiger partial charge in [0.1, 0.15) is 0 Å². The van der Waals surface area contributed by atoms with Crippen LogP contribution in [0.15, 0.2) is 30.3 Å². The van der Waals surface area contributed by atoms with E-state index in [4.69, 9.17) is 25.8 Å². The fourth-order valence-corrected chi connectivity index (χ4v) is 4.27. The minimum Gasteiger partial charge on any atom is -0.493 e. The summed E-state index contributed by atoms with van der Waals surface area (Å²) in [5.41, 5.74) is 3.62. The maximum atomic E-state index is 13.0. The molecule has 1 aromatic heterocycles. The number of carbonyl (C=O) groups is 1. The Morgan fingerprint density at radius 1 is 1.14 bits per heavy atom. The molecule has 2 aromatic carbocycles. The molecule has 0 saturated heterocycles. The van der Waals surface area contributed by atoms with Gasteiger partial charge in [-0.05, 0) is 43.0 Å². The van der Waals surface area contributed by atoms with E-state index in [1.807, 2.05) is 12.1 Å². The van der Waals surface area contributed by atoms with Crippen molar-refractivity contribution in [2.45, 2.75) is 25.3 Å². The van der Waals surface area contributed by atoms with E-state index in [9.17, 15) is 4.79 Å². The van der Waals surface area contributed by atoms with Gasteiger partial charge in [0.2, 0.25) is 5.75 Å². The molecule has 0 aliphatic heterocycles. The molecule has 1 amide bonds. The number of aryl methyl sites for hydroxylation is 1. The van der Waals surface area contributed by atoms with E-state index >= 15 is 0 Å². The molecule has 29 heavy (non-hydrogen) atoms. The number of hydrogen-bond donors (Lipinski definition) is 2. The summed E-state index contributed by atoms with van der Waals surface area (Å²) in [4.78, 5) is 16.5. The summed E-state index contributed by atoms with van der Waals surface area (Å²) in [5, 5.41) is 4.96. The molecule has 0 saturated carbocycles. The number of benzene rings is 2. The Bertz CT molecular complexity index is 1050. The normalized spacial score (nSPS) is 15.7. The average molecular weight is 415 g/mol. The van der Waals surface area contributed by atoms with Crippen molar-refractivity contribution >= 4 is 28.4 Å². The maximum Gasteiger partial charge on any atom is 0.252 e. The first-order valence-corrected chi connectivity index (χ1v) is 9.85. The number of ether oxygens (including phenoxy) is 3. The summed E-state index contributed by atoms with van der Waals surface area (Å²) in [7, 11) is 4.59. The van der Waals surface area contributed by atoms with Crippen LogP contribution in [0.1, 0.15) is 40.5 Å². The van der Waals surface area contributed by atoms with Gasteiger partial charge >= 0.3 is 0 Å². The molecule has 1 atom stereocenters. The fraction of sp³-hybridized carbons (Fsp3) is 0.318. The molecular formula is C22H23ClN2O4. The largest absolute Gasteiger partial charge is 0.493 e. The van der Waals surface area contributed by atoms with Crippen molar-refractivity contribution < 1.29 is 19.0 Å². The van der Waals surface area contributed by atoms with Gasteiger partial charge in [-0.25, -0.2) is 0 Å². The molecule has 0 spiro atoms. The van der Waals surface area contributed by atoms with Crippen LogP contribution >= 0.6 is 11.6 Å². The van der Waals surface area contributed by atoms with Crippen molar-refractivity contribution in [1.82, 2.24) is 10.3 Å². The minimum atomic E-state index is -0.202. The molecule has 6 nitrogen and oxygen atoms in total. The van der Waals surface area contributed by atoms with Gasteiger partial charge in [0, 0.05) is 16.6 Å². The van der Waals surface area contributed by atoms with E-state index < -0.39 is 0 Å². The summed E-state index contributed by atoms with van der Waals surface area (Å²) < 4.78 is 16.1. The number of halogens is 1. The molecule has 0 radical (unpaired) electrons. The molecule has 1 heterocycles. The molecule has 4 rings (SSSR count). The topological polar surface area (TPSA) is 72.6 Å². The smallest absolute Gasteiger partial charge is 0.252 e. The van der Waals surface area contributed by atoms with Crippen LogP contribution in [0.2, 0.25) is 5.02 Å². The molecule has 3 aromatic rings. The van der Waals surface area contributed by atoms with Gasteiger partial charge < -0.3 is 24.5 Å². The van der Waals surface area contributed by atoms with Crippen LogP contribution in [0.5, 0.6) is 17.2 Å². The summed E-state index contributed by atoms with van der Waals surface area (Å²) in [6.45, 7) is 0. The number of rotatable bonds is 5. The highest BCUT2D eigenvalue weighted by Gasteiger charge is 2.27. The van der Waals surface area contributed by atoms with Crippen LogP contribution in [0.4, 0.5) is 0 Å². The Labute approximate surface area is 174 Å². The summed E-state index contributed by atoms with van der Waals surface area (Å²) in [6.07, 6.45) is 2.81. The summed E-state index contributed by atoms with van der Waals surface area (Å²) in [6, 6.07) is 9.09. The monoisotopic (exact) mass is 414 g/mol. The third kappa shape index (κ3) is 3.38. The van der Waals surface area contributed by atoms with E-state index in [-0.39, 0.29) is 11.9 Å². The Hall–Kier alpha value is -2.86. The van der Waals surface area contributed by atoms with Crippen molar-refractivity contribution in [3.63, 3.8) is 0 Å². The molecule has 1 aliphatic carbocycles. The van der Waals surface area contributed by atoms with Gasteiger partial charge in [-0.3, -0.25) is 4.79 Å². The number of hydrogen-bond acceptors (Lipinski definition) is 4. The van der Waals surface area contributed by atoms with E-state index in [0.29, 0.717) is 27.8 Å². The second-order valence-corrected chi connectivity index (χ2v) is 7.42. The molecule has 7 heteroatoms. The molecule has 1 aliphatic rings. The van der Waals surface area contributed by atoms with Crippen LogP contribution < -0.4 is 19.5 Å². The van der Waals surface area contributed by atoms with E-state index in [0.717, 1.165) is 35.9 Å². The first kappa shape index (κ1) is 19.5.